The van der Waals surface area contributed by atoms with Gasteiger partial charge in [-0.15, -0.1) is 11.3 Å². The summed E-state index contributed by atoms with van der Waals surface area (Å²) in [5.41, 5.74) is 0.162. The van der Waals surface area contributed by atoms with Crippen LogP contribution in [0.3, 0.4) is 0 Å². The molecular weight excluding hydrogens is 388 g/mol. The number of thiophene rings is 1. The van der Waals surface area contributed by atoms with Crippen molar-refractivity contribution < 1.29 is 19.5 Å². The van der Waals surface area contributed by atoms with Gasteiger partial charge in [-0.25, -0.2) is 0 Å². The minimum Gasteiger partial charge on any atom is -0.321 e. The predicted octanol–water partition coefficient (Wildman–Crippen LogP) is 0.620. The van der Waals surface area contributed by atoms with E-state index in [2.05, 4.69) is 11.4 Å². The second kappa shape index (κ2) is 8.79. The molecule has 1 saturated heterocycles. The number of anilines is 1. The molecule has 2 heterocycles. The number of amides is 1. The van der Waals surface area contributed by atoms with Crippen LogP contribution in [-0.4, -0.2) is 43.1 Å². The van der Waals surface area contributed by atoms with Crippen molar-refractivity contribution in [3.8, 4) is 0 Å². The summed E-state index contributed by atoms with van der Waals surface area (Å²) in [7, 11) is 0. The first-order valence-electron chi connectivity index (χ1n) is 8.90. The Labute approximate surface area is 166 Å². The van der Waals surface area contributed by atoms with Crippen molar-refractivity contribution >= 4 is 40.2 Å². The summed E-state index contributed by atoms with van der Waals surface area (Å²) in [6, 6.07) is 9.96. The summed E-state index contributed by atoms with van der Waals surface area (Å²) in [5, 5.41) is 13.8. The highest BCUT2D eigenvalue weighted by molar-refractivity contribution is 7.16. The van der Waals surface area contributed by atoms with E-state index in [0.717, 1.165) is 37.1 Å². The Kier molecular flexibility index (Phi) is 6.43. The normalized spacial score (nSPS) is 20.8. The van der Waals surface area contributed by atoms with Crippen LogP contribution in [0, 0.1) is 10.1 Å². The molecule has 1 amide bonds. The summed E-state index contributed by atoms with van der Waals surface area (Å²) in [6.07, 6.45) is 0. The van der Waals surface area contributed by atoms with Gasteiger partial charge in [0.1, 0.15) is 38.4 Å². The van der Waals surface area contributed by atoms with E-state index in [-0.39, 0.29) is 23.3 Å². The molecular formula is C18H23ClN4O3S+2. The molecule has 1 aliphatic heterocycles. The topological polar surface area (TPSA) is 81.1 Å². The third-order valence-corrected chi connectivity index (χ3v) is 6.25. The number of halogens is 1. The molecule has 9 heteroatoms. The molecule has 0 radical (unpaired) electrons. The van der Waals surface area contributed by atoms with E-state index in [1.807, 2.05) is 13.0 Å². The Morgan fingerprint density at radius 2 is 1.96 bits per heavy atom. The molecule has 7 nitrogen and oxygen atoms in total. The standard InChI is InChI=1S/C18H21ClN4O3S/c1-13(18(24)20-15-4-2-3-5-16(15)23(25)26)22-10-8-21(9-11-22)12-14-6-7-17(19)27-14/h2-7,13H,8-12H2,1H3,(H,20,24)/p+2/t13-/m0/s1. The van der Waals surface area contributed by atoms with E-state index in [1.54, 1.807) is 29.5 Å². The number of para-hydroxylation sites is 2. The lowest BCUT2D eigenvalue weighted by molar-refractivity contribution is -1.02. The number of quaternary nitrogens is 2. The highest BCUT2D eigenvalue weighted by atomic mass is 35.5. The van der Waals surface area contributed by atoms with Gasteiger partial charge in [-0.05, 0) is 25.1 Å². The Balaban J connectivity index is 1.53. The second-order valence-electron chi connectivity index (χ2n) is 6.78. The fourth-order valence-corrected chi connectivity index (χ4v) is 4.55. The van der Waals surface area contributed by atoms with Gasteiger partial charge in [0.2, 0.25) is 0 Å². The lowest BCUT2D eigenvalue weighted by Gasteiger charge is -2.32. The predicted molar refractivity (Wildman–Crippen MR) is 106 cm³/mol. The third-order valence-electron chi connectivity index (χ3n) is 5.02. The van der Waals surface area contributed by atoms with Gasteiger partial charge in [-0.3, -0.25) is 14.9 Å². The van der Waals surface area contributed by atoms with Crippen LogP contribution in [0.25, 0.3) is 0 Å². The van der Waals surface area contributed by atoms with Crippen LogP contribution in [0.2, 0.25) is 4.34 Å². The van der Waals surface area contributed by atoms with E-state index in [4.69, 9.17) is 11.6 Å². The SMILES string of the molecule is C[C@@H](C(=O)Nc1ccccc1[N+](=O)[O-])[NH+]1CC[NH+](Cc2ccc(Cl)s2)CC1. The monoisotopic (exact) mass is 410 g/mol. The zero-order valence-corrected chi connectivity index (χ0v) is 16.6. The third kappa shape index (κ3) is 5.04. The zero-order valence-electron chi connectivity index (χ0n) is 15.0. The average Bonchev–Trinajstić information content (AvgIpc) is 3.06. The van der Waals surface area contributed by atoms with E-state index in [1.165, 1.54) is 20.7 Å². The first kappa shape index (κ1) is 19.8. The summed E-state index contributed by atoms with van der Waals surface area (Å²) in [4.78, 5) is 27.2. The number of nitro groups is 1. The number of rotatable bonds is 6. The molecule has 1 aliphatic rings. The van der Waals surface area contributed by atoms with Gasteiger partial charge in [0, 0.05) is 6.07 Å². The lowest BCUT2D eigenvalue weighted by atomic mass is 10.2. The summed E-state index contributed by atoms with van der Waals surface area (Å²) < 4.78 is 0.814. The number of carbonyl (C=O) groups excluding carboxylic acids is 1. The van der Waals surface area contributed by atoms with Crippen molar-refractivity contribution in [3.63, 3.8) is 0 Å². The molecule has 0 spiro atoms. The molecule has 3 rings (SSSR count). The maximum atomic E-state index is 12.6. The number of piperazine rings is 1. The molecule has 0 aliphatic carbocycles. The highest BCUT2D eigenvalue weighted by Gasteiger charge is 2.32. The molecule has 0 unspecified atom stereocenters. The van der Waals surface area contributed by atoms with Crippen molar-refractivity contribution in [1.29, 1.82) is 0 Å². The van der Waals surface area contributed by atoms with Gasteiger partial charge < -0.3 is 15.1 Å². The van der Waals surface area contributed by atoms with Gasteiger partial charge >= 0.3 is 0 Å². The van der Waals surface area contributed by atoms with Crippen LogP contribution in [0.1, 0.15) is 11.8 Å². The molecule has 144 valence electrons. The Morgan fingerprint density at radius 1 is 1.26 bits per heavy atom. The van der Waals surface area contributed by atoms with Crippen molar-refractivity contribution in [2.45, 2.75) is 19.5 Å². The van der Waals surface area contributed by atoms with Gasteiger partial charge in [0.25, 0.3) is 11.6 Å². The number of nitrogens with zero attached hydrogens (tertiary/aromatic N) is 1. The summed E-state index contributed by atoms with van der Waals surface area (Å²) in [5.74, 6) is -0.187. The number of carbonyl (C=O) groups is 1. The van der Waals surface area contributed by atoms with Crippen LogP contribution >= 0.6 is 22.9 Å². The van der Waals surface area contributed by atoms with Crippen LogP contribution < -0.4 is 15.1 Å². The lowest BCUT2D eigenvalue weighted by Crippen LogP contribution is -3.29. The first-order valence-corrected chi connectivity index (χ1v) is 10.1. The molecule has 0 bridgehead atoms. The number of nitrogens with one attached hydrogen (secondary N) is 3. The maximum absolute atomic E-state index is 12.6. The largest absolute Gasteiger partial charge is 0.321 e. The van der Waals surface area contributed by atoms with Gasteiger partial charge in [0.15, 0.2) is 6.04 Å². The maximum Gasteiger partial charge on any atom is 0.292 e. The highest BCUT2D eigenvalue weighted by Crippen LogP contribution is 2.23. The minimum absolute atomic E-state index is 0.0862. The average molecular weight is 411 g/mol. The molecule has 2 aromatic rings. The van der Waals surface area contributed by atoms with Gasteiger partial charge in [-0.1, -0.05) is 23.7 Å². The quantitative estimate of drug-likeness (QED) is 0.482. The first-order chi connectivity index (χ1) is 12.9. The Hall–Kier alpha value is -2.00. The molecule has 1 aromatic carbocycles. The van der Waals surface area contributed by atoms with Gasteiger partial charge in [-0.2, -0.15) is 0 Å². The van der Waals surface area contributed by atoms with E-state index < -0.39 is 4.92 Å². The molecule has 1 aromatic heterocycles. The van der Waals surface area contributed by atoms with Crippen LogP contribution in [0.4, 0.5) is 11.4 Å². The van der Waals surface area contributed by atoms with E-state index in [9.17, 15) is 14.9 Å². The van der Waals surface area contributed by atoms with Crippen molar-refractivity contribution in [2.24, 2.45) is 0 Å². The van der Waals surface area contributed by atoms with Crippen LogP contribution in [-0.2, 0) is 11.3 Å². The van der Waals surface area contributed by atoms with Crippen molar-refractivity contribution in [1.82, 2.24) is 0 Å². The molecule has 0 saturated carbocycles. The summed E-state index contributed by atoms with van der Waals surface area (Å²) >= 11 is 7.61. The number of hydrogen-bond donors (Lipinski definition) is 3. The van der Waals surface area contributed by atoms with Crippen molar-refractivity contribution in [3.05, 3.63) is 55.7 Å². The Morgan fingerprint density at radius 3 is 2.59 bits per heavy atom. The number of benzene rings is 1. The molecule has 1 fully saturated rings. The molecule has 3 N–H and O–H groups in total. The van der Waals surface area contributed by atoms with E-state index >= 15 is 0 Å². The van der Waals surface area contributed by atoms with Crippen molar-refractivity contribution in [2.75, 3.05) is 31.5 Å². The Bertz CT molecular complexity index is 820. The van der Waals surface area contributed by atoms with Gasteiger partial charge in [0.05, 0.1) is 14.1 Å². The summed E-state index contributed by atoms with van der Waals surface area (Å²) in [6.45, 7) is 6.58. The fourth-order valence-electron chi connectivity index (χ4n) is 3.39. The second-order valence-corrected chi connectivity index (χ2v) is 8.58. The smallest absolute Gasteiger partial charge is 0.292 e. The zero-order chi connectivity index (χ0) is 19.4. The van der Waals surface area contributed by atoms with E-state index in [0.29, 0.717) is 0 Å². The number of nitro benzene ring substituents is 1. The number of hydrogen-bond acceptors (Lipinski definition) is 4. The minimum atomic E-state index is -0.480. The molecule has 27 heavy (non-hydrogen) atoms. The molecule has 1 atom stereocenters. The fraction of sp³-hybridized carbons (Fsp3) is 0.389. The van der Waals surface area contributed by atoms with Crippen LogP contribution in [0.15, 0.2) is 36.4 Å². The van der Waals surface area contributed by atoms with Crippen LogP contribution in [0.5, 0.6) is 0 Å².